The maximum Gasteiger partial charge on any atom is 0.184 e. The van der Waals surface area contributed by atoms with E-state index in [1.165, 1.54) is 12.8 Å². The lowest BCUT2D eigenvalue weighted by Crippen LogP contribution is -2.28. The van der Waals surface area contributed by atoms with Crippen LogP contribution in [-0.4, -0.2) is 20.2 Å². The molecule has 0 radical (unpaired) electrons. The second-order valence-electron chi connectivity index (χ2n) is 5.48. The minimum atomic E-state index is -0.0702. The first-order valence-corrected chi connectivity index (χ1v) is 7.31. The van der Waals surface area contributed by atoms with Crippen LogP contribution in [-0.2, 0) is 5.54 Å². The zero-order valence-corrected chi connectivity index (χ0v) is 12.6. The molecule has 2 aromatic rings. The van der Waals surface area contributed by atoms with Crippen molar-refractivity contribution in [3.8, 4) is 11.4 Å². The number of anilines is 1. The van der Waals surface area contributed by atoms with Gasteiger partial charge in [-0.05, 0) is 42.3 Å². The number of nitrogens with two attached hydrogens (primary N) is 1. The number of hydrogen-bond acceptors (Lipinski definition) is 4. The van der Waals surface area contributed by atoms with Crippen molar-refractivity contribution in [2.45, 2.75) is 38.1 Å². The fourth-order valence-corrected chi connectivity index (χ4v) is 3.26. The molecule has 20 heavy (non-hydrogen) atoms. The van der Waals surface area contributed by atoms with Crippen LogP contribution in [0.25, 0.3) is 11.4 Å². The molecule has 1 heterocycles. The predicted octanol–water partition coefficient (Wildman–Crippen LogP) is 3.52. The van der Waals surface area contributed by atoms with E-state index in [0.29, 0.717) is 27.1 Å². The van der Waals surface area contributed by atoms with Gasteiger partial charge in [0, 0.05) is 11.3 Å². The Morgan fingerprint density at radius 2 is 1.95 bits per heavy atom. The van der Waals surface area contributed by atoms with Crippen LogP contribution in [0, 0.1) is 0 Å². The molecule has 3 rings (SSSR count). The summed E-state index contributed by atoms with van der Waals surface area (Å²) in [7, 11) is 0. The monoisotopic (exact) mass is 311 g/mol. The zero-order chi connectivity index (χ0) is 14.3. The van der Waals surface area contributed by atoms with Gasteiger partial charge in [0.15, 0.2) is 5.82 Å². The van der Waals surface area contributed by atoms with Crippen LogP contribution in [0.15, 0.2) is 12.1 Å². The quantitative estimate of drug-likeness (QED) is 0.861. The van der Waals surface area contributed by atoms with Crippen LogP contribution in [0.5, 0.6) is 0 Å². The van der Waals surface area contributed by atoms with E-state index in [1.807, 2.05) is 4.68 Å². The third-order valence-electron chi connectivity index (χ3n) is 3.95. The van der Waals surface area contributed by atoms with E-state index in [2.05, 4.69) is 22.4 Å². The molecule has 1 aliphatic rings. The third-order valence-corrected chi connectivity index (χ3v) is 4.76. The molecule has 1 aromatic carbocycles. The number of tetrazole rings is 1. The van der Waals surface area contributed by atoms with Crippen molar-refractivity contribution >= 4 is 28.9 Å². The molecule has 106 valence electrons. The van der Waals surface area contributed by atoms with Crippen LogP contribution in [0.3, 0.4) is 0 Å². The Labute approximate surface area is 127 Å². The molecule has 0 saturated heterocycles. The van der Waals surface area contributed by atoms with Crippen LogP contribution in [0.2, 0.25) is 10.0 Å². The minimum absolute atomic E-state index is 0.0702. The van der Waals surface area contributed by atoms with Gasteiger partial charge in [-0.25, -0.2) is 4.68 Å². The van der Waals surface area contributed by atoms with Crippen molar-refractivity contribution in [1.82, 2.24) is 20.2 Å². The molecule has 2 N–H and O–H groups in total. The fourth-order valence-electron chi connectivity index (χ4n) is 2.84. The summed E-state index contributed by atoms with van der Waals surface area (Å²) in [5.41, 5.74) is 7.00. The summed E-state index contributed by atoms with van der Waals surface area (Å²) in [5.74, 6) is 0.619. The Morgan fingerprint density at radius 1 is 1.25 bits per heavy atom. The summed E-state index contributed by atoms with van der Waals surface area (Å²) in [6, 6.07) is 3.38. The van der Waals surface area contributed by atoms with E-state index < -0.39 is 0 Å². The van der Waals surface area contributed by atoms with Crippen molar-refractivity contribution in [3.63, 3.8) is 0 Å². The zero-order valence-electron chi connectivity index (χ0n) is 11.1. The maximum absolute atomic E-state index is 6.28. The van der Waals surface area contributed by atoms with Crippen molar-refractivity contribution in [2.75, 3.05) is 5.73 Å². The molecule has 0 spiro atoms. The average molecular weight is 312 g/mol. The number of nitrogens with zero attached hydrogens (tertiary/aromatic N) is 4. The Morgan fingerprint density at radius 3 is 2.65 bits per heavy atom. The second kappa shape index (κ2) is 4.90. The topological polar surface area (TPSA) is 69.6 Å². The number of nitrogen functional groups attached to an aromatic ring is 1. The summed E-state index contributed by atoms with van der Waals surface area (Å²) in [5, 5.41) is 12.9. The summed E-state index contributed by atoms with van der Waals surface area (Å²) in [6.07, 6.45) is 4.47. The van der Waals surface area contributed by atoms with Crippen LogP contribution in [0.4, 0.5) is 5.69 Å². The number of aromatic nitrogens is 4. The van der Waals surface area contributed by atoms with Crippen LogP contribution < -0.4 is 5.73 Å². The first-order chi connectivity index (χ1) is 9.51. The van der Waals surface area contributed by atoms with E-state index in [0.717, 1.165) is 12.8 Å². The van der Waals surface area contributed by atoms with Gasteiger partial charge in [0.1, 0.15) is 0 Å². The van der Waals surface area contributed by atoms with Gasteiger partial charge >= 0.3 is 0 Å². The minimum Gasteiger partial charge on any atom is -0.399 e. The normalized spacial score (nSPS) is 17.6. The van der Waals surface area contributed by atoms with E-state index >= 15 is 0 Å². The Kier molecular flexibility index (Phi) is 3.34. The van der Waals surface area contributed by atoms with Gasteiger partial charge in [-0.3, -0.25) is 0 Å². The molecular weight excluding hydrogens is 297 g/mol. The second-order valence-corrected chi connectivity index (χ2v) is 6.27. The largest absolute Gasteiger partial charge is 0.399 e. The third kappa shape index (κ3) is 2.15. The van der Waals surface area contributed by atoms with Gasteiger partial charge in [-0.1, -0.05) is 36.0 Å². The van der Waals surface area contributed by atoms with E-state index in [9.17, 15) is 0 Å². The highest BCUT2D eigenvalue weighted by molar-refractivity contribution is 6.43. The van der Waals surface area contributed by atoms with E-state index in [4.69, 9.17) is 28.9 Å². The lowest BCUT2D eigenvalue weighted by molar-refractivity contribution is 0.293. The van der Waals surface area contributed by atoms with Crippen molar-refractivity contribution < 1.29 is 0 Å². The number of halogens is 2. The Hall–Kier alpha value is -1.33. The molecule has 7 heteroatoms. The van der Waals surface area contributed by atoms with E-state index in [-0.39, 0.29) is 5.54 Å². The number of rotatable bonds is 2. The van der Waals surface area contributed by atoms with Crippen molar-refractivity contribution in [1.29, 1.82) is 0 Å². The summed E-state index contributed by atoms with van der Waals surface area (Å²) < 4.78 is 1.86. The molecule has 0 amide bonds. The van der Waals surface area contributed by atoms with Gasteiger partial charge in [0.05, 0.1) is 15.6 Å². The lowest BCUT2D eigenvalue weighted by Gasteiger charge is -2.25. The Bertz CT molecular complexity index is 646. The molecule has 0 atom stereocenters. The summed E-state index contributed by atoms with van der Waals surface area (Å²) in [6.45, 7) is 2.17. The smallest absolute Gasteiger partial charge is 0.184 e. The SMILES string of the molecule is CC1(n2nnnc2-c2cc(N)cc(Cl)c2Cl)CCCC1. The molecule has 1 fully saturated rings. The van der Waals surface area contributed by atoms with Crippen molar-refractivity contribution in [2.24, 2.45) is 0 Å². The predicted molar refractivity (Wildman–Crippen MR) is 79.8 cm³/mol. The van der Waals surface area contributed by atoms with Crippen molar-refractivity contribution in [3.05, 3.63) is 22.2 Å². The molecule has 0 bridgehead atoms. The maximum atomic E-state index is 6.28. The molecule has 1 aromatic heterocycles. The van der Waals surface area contributed by atoms with Gasteiger partial charge in [-0.2, -0.15) is 0 Å². The first-order valence-electron chi connectivity index (χ1n) is 6.55. The summed E-state index contributed by atoms with van der Waals surface area (Å²) >= 11 is 12.4. The number of benzene rings is 1. The highest BCUT2D eigenvalue weighted by atomic mass is 35.5. The van der Waals surface area contributed by atoms with Gasteiger partial charge in [0.2, 0.25) is 0 Å². The average Bonchev–Trinajstić information content (AvgIpc) is 3.03. The van der Waals surface area contributed by atoms with Crippen LogP contribution in [0.1, 0.15) is 32.6 Å². The van der Waals surface area contributed by atoms with Gasteiger partial charge in [0.25, 0.3) is 0 Å². The molecule has 1 aliphatic carbocycles. The van der Waals surface area contributed by atoms with E-state index in [1.54, 1.807) is 12.1 Å². The van der Waals surface area contributed by atoms with Gasteiger partial charge < -0.3 is 5.73 Å². The molecule has 0 aliphatic heterocycles. The van der Waals surface area contributed by atoms with Crippen LogP contribution >= 0.6 is 23.2 Å². The lowest BCUT2D eigenvalue weighted by atomic mass is 10.0. The highest BCUT2D eigenvalue weighted by Gasteiger charge is 2.34. The fraction of sp³-hybridized carbons (Fsp3) is 0.462. The molecule has 5 nitrogen and oxygen atoms in total. The molecule has 1 saturated carbocycles. The Balaban J connectivity index is 2.15. The first kappa shape index (κ1) is 13.6. The van der Waals surface area contributed by atoms with Gasteiger partial charge in [-0.15, -0.1) is 5.10 Å². The highest BCUT2D eigenvalue weighted by Crippen LogP contribution is 2.40. The number of hydrogen-bond donors (Lipinski definition) is 1. The standard InChI is InChI=1S/C13H15Cl2N5/c1-13(4-2-3-5-13)20-12(17-18-19-20)9-6-8(16)7-10(14)11(9)15/h6-7H,2-5,16H2,1H3. The summed E-state index contributed by atoms with van der Waals surface area (Å²) in [4.78, 5) is 0. The molecular formula is C13H15Cl2N5. The molecule has 0 unspecified atom stereocenters.